The van der Waals surface area contributed by atoms with Crippen LogP contribution in [-0.4, -0.2) is 42.9 Å². The van der Waals surface area contributed by atoms with Crippen molar-refractivity contribution in [3.8, 4) is 5.75 Å². The highest BCUT2D eigenvalue weighted by atomic mass is 35.5. The first-order valence-corrected chi connectivity index (χ1v) is 10.4. The van der Waals surface area contributed by atoms with Crippen molar-refractivity contribution >= 4 is 32.5 Å². The monoisotopic (exact) mass is 482 g/mol. The van der Waals surface area contributed by atoms with E-state index in [-0.39, 0.29) is 22.4 Å². The average Bonchev–Trinajstić information content (AvgIpc) is 3.14. The summed E-state index contributed by atoms with van der Waals surface area (Å²) >= 11 is 6.20. The van der Waals surface area contributed by atoms with Crippen LogP contribution in [-0.2, 0) is 15.0 Å². The van der Waals surface area contributed by atoms with E-state index in [2.05, 4.69) is 9.72 Å². The Labute approximate surface area is 178 Å². The molecular formula is C18H15ClF4N2O5S. The van der Waals surface area contributed by atoms with E-state index in [0.29, 0.717) is 5.52 Å². The molecule has 0 aliphatic rings. The molecule has 1 heterocycles. The second-order valence-corrected chi connectivity index (χ2v) is 8.60. The fourth-order valence-corrected chi connectivity index (χ4v) is 4.89. The molecule has 3 rings (SSSR count). The Morgan fingerprint density at radius 1 is 1.19 bits per heavy atom. The van der Waals surface area contributed by atoms with Crippen molar-refractivity contribution in [1.82, 2.24) is 9.71 Å². The molecule has 0 radical (unpaired) electrons. The van der Waals surface area contributed by atoms with Crippen LogP contribution in [0.1, 0.15) is 5.56 Å². The topological polar surface area (TPSA) is 112 Å². The maximum atomic E-state index is 14.6. The molecule has 0 saturated heterocycles. The minimum Gasteiger partial charge on any atom is -0.432 e. The van der Waals surface area contributed by atoms with Crippen LogP contribution in [0.5, 0.6) is 5.75 Å². The van der Waals surface area contributed by atoms with Crippen molar-refractivity contribution < 1.29 is 40.9 Å². The van der Waals surface area contributed by atoms with Gasteiger partial charge < -0.3 is 19.9 Å². The number of sulfonamides is 1. The molecule has 0 bridgehead atoms. The second-order valence-electron chi connectivity index (χ2n) is 6.36. The molecule has 2 aromatic carbocycles. The molecule has 4 N–H and O–H groups in total. The van der Waals surface area contributed by atoms with Crippen LogP contribution in [0.4, 0.5) is 17.6 Å². The first kappa shape index (κ1) is 23.3. The number of alkyl halides is 3. The molecule has 2 unspecified atom stereocenters. The number of halogens is 5. The van der Waals surface area contributed by atoms with Gasteiger partial charge in [-0.2, -0.15) is 13.5 Å². The fraction of sp³-hybridized carbons (Fsp3) is 0.222. The van der Waals surface area contributed by atoms with Crippen molar-refractivity contribution in [1.29, 1.82) is 0 Å². The number of aromatic amines is 1. The van der Waals surface area contributed by atoms with E-state index >= 15 is 0 Å². The summed E-state index contributed by atoms with van der Waals surface area (Å²) in [6, 6.07) is 6.76. The van der Waals surface area contributed by atoms with E-state index in [1.54, 1.807) is 18.2 Å². The van der Waals surface area contributed by atoms with Gasteiger partial charge >= 0.3 is 6.61 Å². The van der Waals surface area contributed by atoms with Gasteiger partial charge in [0.25, 0.3) is 0 Å². The Morgan fingerprint density at radius 2 is 1.87 bits per heavy atom. The van der Waals surface area contributed by atoms with Gasteiger partial charge in [-0.15, -0.1) is 0 Å². The number of aromatic nitrogens is 1. The lowest BCUT2D eigenvalue weighted by Crippen LogP contribution is -2.51. The van der Waals surface area contributed by atoms with Gasteiger partial charge in [0.15, 0.2) is 16.6 Å². The predicted molar refractivity (Wildman–Crippen MR) is 102 cm³/mol. The lowest BCUT2D eigenvalue weighted by molar-refractivity contribution is -0.0524. The van der Waals surface area contributed by atoms with Gasteiger partial charge in [0.05, 0.1) is 6.61 Å². The number of H-pyrrole nitrogens is 1. The number of aliphatic hydroxyl groups excluding tert-OH is 2. The standard InChI is InChI=1S/C18H15ClF4N2O5S/c19-18(16(27)8-26,10-5-12(21)14(6-11(10)20)30-17(22)23)25-31(28,29)15-7-24-13-4-2-1-3-9(13)15/h1-7,16-17,24-27H,8H2. The van der Waals surface area contributed by atoms with Crippen molar-refractivity contribution in [2.45, 2.75) is 22.6 Å². The Bertz CT molecular complexity index is 1210. The maximum absolute atomic E-state index is 14.6. The maximum Gasteiger partial charge on any atom is 0.387 e. The third kappa shape index (κ3) is 4.48. The number of nitrogens with one attached hydrogen (secondary N) is 2. The zero-order valence-corrected chi connectivity index (χ0v) is 16.9. The second kappa shape index (κ2) is 8.63. The highest BCUT2D eigenvalue weighted by Crippen LogP contribution is 2.37. The summed E-state index contributed by atoms with van der Waals surface area (Å²) in [7, 11) is -4.59. The number of fused-ring (bicyclic) bond motifs is 1. The lowest BCUT2D eigenvalue weighted by atomic mass is 10.0. The predicted octanol–water partition coefficient (Wildman–Crippen LogP) is 2.77. The van der Waals surface area contributed by atoms with Gasteiger partial charge in [0.2, 0.25) is 10.0 Å². The van der Waals surface area contributed by atoms with Gasteiger partial charge in [0.1, 0.15) is 16.8 Å². The van der Waals surface area contributed by atoms with E-state index in [0.717, 1.165) is 6.20 Å². The Kier molecular flexibility index (Phi) is 6.48. The van der Waals surface area contributed by atoms with Crippen LogP contribution >= 0.6 is 11.6 Å². The van der Waals surface area contributed by atoms with E-state index in [9.17, 15) is 36.2 Å². The van der Waals surface area contributed by atoms with Crippen LogP contribution in [0.15, 0.2) is 47.5 Å². The van der Waals surface area contributed by atoms with Gasteiger partial charge in [-0.05, 0) is 12.1 Å². The normalized spacial score (nSPS) is 15.2. The third-order valence-corrected chi connectivity index (χ3v) is 6.55. The number of hydrogen-bond acceptors (Lipinski definition) is 5. The van der Waals surface area contributed by atoms with Gasteiger partial charge in [-0.1, -0.05) is 29.8 Å². The van der Waals surface area contributed by atoms with Crippen molar-refractivity contribution in [2.24, 2.45) is 0 Å². The van der Waals surface area contributed by atoms with Crippen LogP contribution < -0.4 is 9.46 Å². The summed E-state index contributed by atoms with van der Waals surface area (Å²) in [5.41, 5.74) is -0.519. The zero-order chi connectivity index (χ0) is 23.0. The number of ether oxygens (including phenoxy) is 1. The quantitative estimate of drug-likeness (QED) is 0.224. The van der Waals surface area contributed by atoms with Crippen LogP contribution in [0.3, 0.4) is 0 Å². The Balaban J connectivity index is 2.11. The van der Waals surface area contributed by atoms with Crippen molar-refractivity contribution in [2.75, 3.05) is 6.61 Å². The minimum absolute atomic E-state index is 0.220. The van der Waals surface area contributed by atoms with Crippen LogP contribution in [0.25, 0.3) is 10.9 Å². The van der Waals surface area contributed by atoms with Gasteiger partial charge in [-0.3, -0.25) is 0 Å². The smallest absolute Gasteiger partial charge is 0.387 e. The summed E-state index contributed by atoms with van der Waals surface area (Å²) in [6.07, 6.45) is -1.04. The summed E-state index contributed by atoms with van der Waals surface area (Å²) in [5, 5.41) is 19.8. The first-order valence-electron chi connectivity index (χ1n) is 8.52. The highest BCUT2D eigenvalue weighted by molar-refractivity contribution is 7.89. The number of hydrogen-bond donors (Lipinski definition) is 4. The average molecular weight is 483 g/mol. The van der Waals surface area contributed by atoms with Crippen LogP contribution in [0.2, 0.25) is 0 Å². The molecule has 7 nitrogen and oxygen atoms in total. The summed E-state index contributed by atoms with van der Waals surface area (Å²) < 4.78 is 85.2. The van der Waals surface area contributed by atoms with E-state index in [1.807, 2.05) is 4.72 Å². The lowest BCUT2D eigenvalue weighted by Gasteiger charge is -2.32. The molecule has 0 aliphatic heterocycles. The summed E-state index contributed by atoms with van der Waals surface area (Å²) in [4.78, 5) is -0.414. The molecule has 1 aromatic heterocycles. The molecule has 31 heavy (non-hydrogen) atoms. The van der Waals surface area contributed by atoms with E-state index < -0.39 is 57.3 Å². The molecule has 13 heteroatoms. The van der Waals surface area contributed by atoms with E-state index in [4.69, 9.17) is 11.6 Å². The van der Waals surface area contributed by atoms with Crippen molar-refractivity contribution in [3.05, 3.63) is 59.8 Å². The summed E-state index contributed by atoms with van der Waals surface area (Å²) in [5.74, 6) is -4.13. The largest absolute Gasteiger partial charge is 0.432 e. The van der Waals surface area contributed by atoms with E-state index in [1.165, 1.54) is 6.07 Å². The molecule has 0 spiro atoms. The number of para-hydroxylation sites is 1. The Hall–Kier alpha value is -2.38. The molecule has 3 aromatic rings. The van der Waals surface area contributed by atoms with Gasteiger partial charge in [0, 0.05) is 28.7 Å². The number of rotatable bonds is 8. The molecule has 0 amide bonds. The molecule has 2 atom stereocenters. The SMILES string of the molecule is O=S(=O)(NC(Cl)(c1cc(F)c(OC(F)F)cc1F)C(O)CO)c1c[nH]c2ccccc12. The third-order valence-electron chi connectivity index (χ3n) is 4.39. The first-order chi connectivity index (χ1) is 14.5. The molecule has 0 fully saturated rings. The van der Waals surface area contributed by atoms with Gasteiger partial charge in [-0.25, -0.2) is 17.2 Å². The molecule has 0 saturated carbocycles. The van der Waals surface area contributed by atoms with Crippen molar-refractivity contribution in [3.63, 3.8) is 0 Å². The summed E-state index contributed by atoms with van der Waals surface area (Å²) in [6.45, 7) is -4.61. The number of aliphatic hydroxyl groups is 2. The zero-order valence-electron chi connectivity index (χ0n) is 15.3. The van der Waals surface area contributed by atoms with Crippen LogP contribution in [0, 0.1) is 11.6 Å². The Morgan fingerprint density at radius 3 is 2.52 bits per heavy atom. The fourth-order valence-electron chi connectivity index (χ4n) is 2.94. The minimum atomic E-state index is -4.59. The molecule has 0 aliphatic carbocycles. The highest BCUT2D eigenvalue weighted by Gasteiger charge is 2.44. The molecular weight excluding hydrogens is 468 g/mol. The number of benzene rings is 2. The molecule has 168 valence electrons.